The van der Waals surface area contributed by atoms with E-state index in [0.29, 0.717) is 30.8 Å². The van der Waals surface area contributed by atoms with Crippen molar-refractivity contribution in [2.75, 3.05) is 32.8 Å². The quantitative estimate of drug-likeness (QED) is 0.789. The van der Waals surface area contributed by atoms with Gasteiger partial charge in [-0.3, -0.25) is 9.69 Å². The Kier molecular flexibility index (Phi) is 5.73. The molecule has 0 radical (unpaired) electrons. The predicted octanol–water partition coefficient (Wildman–Crippen LogP) is 2.68. The Morgan fingerprint density at radius 2 is 1.93 bits per heavy atom. The SMILES string of the molecule is CC(C)c1ccc(-c2noc(CN3CCN(C(=O)C4CCCO4)CC3)n2)cc1. The lowest BCUT2D eigenvalue weighted by Gasteiger charge is -2.35. The molecule has 1 unspecified atom stereocenters. The van der Waals surface area contributed by atoms with Gasteiger partial charge in [-0.2, -0.15) is 4.98 Å². The second-order valence-corrected chi connectivity index (χ2v) is 7.89. The van der Waals surface area contributed by atoms with E-state index >= 15 is 0 Å². The van der Waals surface area contributed by atoms with Crippen molar-refractivity contribution in [2.24, 2.45) is 0 Å². The molecule has 0 saturated carbocycles. The highest BCUT2D eigenvalue weighted by molar-refractivity contribution is 5.81. The number of hydrogen-bond donors (Lipinski definition) is 0. The van der Waals surface area contributed by atoms with Crippen LogP contribution in [0, 0.1) is 0 Å². The van der Waals surface area contributed by atoms with Gasteiger partial charge in [0.2, 0.25) is 11.7 Å². The van der Waals surface area contributed by atoms with Crippen molar-refractivity contribution in [3.8, 4) is 11.4 Å². The van der Waals surface area contributed by atoms with Crippen LogP contribution in [-0.2, 0) is 16.1 Å². The van der Waals surface area contributed by atoms with Gasteiger partial charge in [0.1, 0.15) is 6.10 Å². The maximum Gasteiger partial charge on any atom is 0.251 e. The molecular formula is C21H28N4O3. The third-order valence-corrected chi connectivity index (χ3v) is 5.55. The van der Waals surface area contributed by atoms with Crippen molar-refractivity contribution >= 4 is 5.91 Å². The number of rotatable bonds is 5. The fourth-order valence-electron chi connectivity index (χ4n) is 3.75. The number of amides is 1. The third kappa shape index (κ3) is 4.25. The van der Waals surface area contributed by atoms with Crippen molar-refractivity contribution in [2.45, 2.75) is 45.3 Å². The number of nitrogens with zero attached hydrogens (tertiary/aromatic N) is 4. The average molecular weight is 384 g/mol. The Bertz CT molecular complexity index is 788. The summed E-state index contributed by atoms with van der Waals surface area (Å²) in [5.41, 5.74) is 2.26. The zero-order chi connectivity index (χ0) is 19.5. The van der Waals surface area contributed by atoms with Gasteiger partial charge in [-0.1, -0.05) is 43.3 Å². The van der Waals surface area contributed by atoms with Crippen LogP contribution in [-0.4, -0.2) is 64.7 Å². The minimum Gasteiger partial charge on any atom is -0.368 e. The monoisotopic (exact) mass is 384 g/mol. The van der Waals surface area contributed by atoms with E-state index in [1.54, 1.807) is 0 Å². The summed E-state index contributed by atoms with van der Waals surface area (Å²) in [6.07, 6.45) is 1.60. The molecule has 150 valence electrons. The molecule has 2 saturated heterocycles. The molecule has 1 atom stereocenters. The van der Waals surface area contributed by atoms with E-state index in [9.17, 15) is 4.79 Å². The molecule has 2 aliphatic rings. The van der Waals surface area contributed by atoms with E-state index in [0.717, 1.165) is 44.6 Å². The van der Waals surface area contributed by atoms with Crippen LogP contribution in [0.1, 0.15) is 44.1 Å². The molecule has 1 aromatic heterocycles. The maximum atomic E-state index is 12.4. The van der Waals surface area contributed by atoms with Crippen LogP contribution in [0.3, 0.4) is 0 Å². The van der Waals surface area contributed by atoms with Gasteiger partial charge >= 0.3 is 0 Å². The molecular weight excluding hydrogens is 356 g/mol. The fourth-order valence-corrected chi connectivity index (χ4v) is 3.75. The van der Waals surface area contributed by atoms with E-state index < -0.39 is 0 Å². The van der Waals surface area contributed by atoms with Crippen molar-refractivity contribution in [3.05, 3.63) is 35.7 Å². The normalized spacial score (nSPS) is 20.8. The number of aromatic nitrogens is 2. The molecule has 1 amide bonds. The minimum atomic E-state index is -0.230. The van der Waals surface area contributed by atoms with E-state index in [2.05, 4.69) is 41.0 Å². The summed E-state index contributed by atoms with van der Waals surface area (Å²) < 4.78 is 11.0. The second-order valence-electron chi connectivity index (χ2n) is 7.89. The standard InChI is InChI=1S/C21H28N4O3/c1-15(2)16-5-7-17(8-6-16)20-22-19(28-23-20)14-24-9-11-25(12-10-24)21(26)18-4-3-13-27-18/h5-8,15,18H,3-4,9-14H2,1-2H3. The fraction of sp³-hybridized carbons (Fsp3) is 0.571. The maximum absolute atomic E-state index is 12.4. The minimum absolute atomic E-state index is 0.141. The molecule has 0 N–H and O–H groups in total. The first-order valence-electron chi connectivity index (χ1n) is 10.2. The van der Waals surface area contributed by atoms with E-state index in [4.69, 9.17) is 9.26 Å². The van der Waals surface area contributed by atoms with Crippen LogP contribution in [0.5, 0.6) is 0 Å². The lowest BCUT2D eigenvalue weighted by molar-refractivity contribution is -0.142. The Balaban J connectivity index is 1.30. The molecule has 0 aliphatic carbocycles. The number of benzene rings is 1. The lowest BCUT2D eigenvalue weighted by atomic mass is 10.0. The molecule has 3 heterocycles. The van der Waals surface area contributed by atoms with Crippen LogP contribution in [0.2, 0.25) is 0 Å². The molecule has 7 nitrogen and oxygen atoms in total. The zero-order valence-corrected chi connectivity index (χ0v) is 16.6. The molecule has 2 aliphatic heterocycles. The van der Waals surface area contributed by atoms with Gasteiger partial charge < -0.3 is 14.2 Å². The molecule has 2 aromatic rings. The largest absolute Gasteiger partial charge is 0.368 e. The van der Waals surface area contributed by atoms with Gasteiger partial charge in [-0.25, -0.2) is 0 Å². The van der Waals surface area contributed by atoms with Crippen LogP contribution >= 0.6 is 0 Å². The lowest BCUT2D eigenvalue weighted by Crippen LogP contribution is -2.51. The Morgan fingerprint density at radius 3 is 2.57 bits per heavy atom. The summed E-state index contributed by atoms with van der Waals surface area (Å²) >= 11 is 0. The van der Waals surface area contributed by atoms with E-state index in [-0.39, 0.29) is 12.0 Å². The first-order chi connectivity index (χ1) is 13.6. The van der Waals surface area contributed by atoms with Gasteiger partial charge in [0, 0.05) is 38.3 Å². The Hall–Kier alpha value is -2.25. The summed E-state index contributed by atoms with van der Waals surface area (Å²) in [6, 6.07) is 8.31. The van der Waals surface area contributed by atoms with Crippen molar-refractivity contribution < 1.29 is 14.1 Å². The van der Waals surface area contributed by atoms with Crippen molar-refractivity contribution in [1.29, 1.82) is 0 Å². The van der Waals surface area contributed by atoms with E-state index in [1.165, 1.54) is 5.56 Å². The van der Waals surface area contributed by atoms with Gasteiger partial charge in [0.15, 0.2) is 0 Å². The number of piperazine rings is 1. The van der Waals surface area contributed by atoms with Crippen molar-refractivity contribution in [3.63, 3.8) is 0 Å². The van der Waals surface area contributed by atoms with Crippen molar-refractivity contribution in [1.82, 2.24) is 19.9 Å². The Morgan fingerprint density at radius 1 is 1.18 bits per heavy atom. The first kappa shape index (κ1) is 19.1. The van der Waals surface area contributed by atoms with Gasteiger partial charge in [-0.15, -0.1) is 0 Å². The van der Waals surface area contributed by atoms with Crippen LogP contribution in [0.25, 0.3) is 11.4 Å². The predicted molar refractivity (Wildman–Crippen MR) is 105 cm³/mol. The zero-order valence-electron chi connectivity index (χ0n) is 16.6. The molecule has 0 bridgehead atoms. The average Bonchev–Trinajstić information content (AvgIpc) is 3.40. The number of ether oxygens (including phenoxy) is 1. The highest BCUT2D eigenvalue weighted by atomic mass is 16.5. The van der Waals surface area contributed by atoms with Crippen LogP contribution < -0.4 is 0 Å². The third-order valence-electron chi connectivity index (χ3n) is 5.55. The van der Waals surface area contributed by atoms with Crippen LogP contribution in [0.4, 0.5) is 0 Å². The topological polar surface area (TPSA) is 71.7 Å². The van der Waals surface area contributed by atoms with Gasteiger partial charge in [0.05, 0.1) is 6.54 Å². The molecule has 7 heteroatoms. The smallest absolute Gasteiger partial charge is 0.251 e. The molecule has 2 fully saturated rings. The highest BCUT2D eigenvalue weighted by Crippen LogP contribution is 2.21. The van der Waals surface area contributed by atoms with Gasteiger partial charge in [-0.05, 0) is 24.3 Å². The summed E-state index contributed by atoms with van der Waals surface area (Å²) in [5.74, 6) is 1.88. The van der Waals surface area contributed by atoms with Gasteiger partial charge in [0.25, 0.3) is 5.91 Å². The summed E-state index contributed by atoms with van der Waals surface area (Å²) in [6.45, 7) is 8.71. The summed E-state index contributed by atoms with van der Waals surface area (Å²) in [5, 5.41) is 4.13. The number of carbonyl (C=O) groups is 1. The number of hydrogen-bond acceptors (Lipinski definition) is 6. The Labute approximate surface area is 165 Å². The second kappa shape index (κ2) is 8.41. The number of carbonyl (C=O) groups excluding carboxylic acids is 1. The van der Waals surface area contributed by atoms with Crippen LogP contribution in [0.15, 0.2) is 28.8 Å². The molecule has 0 spiro atoms. The molecule has 1 aromatic carbocycles. The molecule has 28 heavy (non-hydrogen) atoms. The van der Waals surface area contributed by atoms with E-state index in [1.807, 2.05) is 17.0 Å². The first-order valence-corrected chi connectivity index (χ1v) is 10.2. The summed E-state index contributed by atoms with van der Waals surface area (Å²) in [7, 11) is 0. The summed E-state index contributed by atoms with van der Waals surface area (Å²) in [4.78, 5) is 21.1. The molecule has 4 rings (SSSR count). The highest BCUT2D eigenvalue weighted by Gasteiger charge is 2.30.